The summed E-state index contributed by atoms with van der Waals surface area (Å²) in [4.78, 5) is 18.0. The quantitative estimate of drug-likeness (QED) is 0.262. The van der Waals surface area contributed by atoms with Gasteiger partial charge in [-0.2, -0.15) is 0 Å². The van der Waals surface area contributed by atoms with Crippen molar-refractivity contribution >= 4 is 28.4 Å². The maximum Gasteiger partial charge on any atom is 0.254 e. The van der Waals surface area contributed by atoms with Crippen LogP contribution in [0.2, 0.25) is 0 Å². The van der Waals surface area contributed by atoms with Crippen LogP contribution in [0, 0.1) is 0 Å². The molecule has 0 saturated carbocycles. The number of benzene rings is 4. The molecule has 4 aromatic carbocycles. The van der Waals surface area contributed by atoms with Crippen molar-refractivity contribution in [3.05, 3.63) is 101 Å². The number of fused-ring (bicyclic) bond motifs is 3. The first-order chi connectivity index (χ1) is 19.9. The Hall–Kier alpha value is -4.45. The molecule has 0 aliphatic carbocycles. The predicted molar refractivity (Wildman–Crippen MR) is 164 cm³/mol. The van der Waals surface area contributed by atoms with Gasteiger partial charge in [-0.05, 0) is 79.3 Å². The molecule has 2 heterocycles. The SMILES string of the molecule is COc1ccc(C2(c3ccc(OC)cc3)C=Cc3c(C(=O)N4CCCCC4)cc4ccc(N(C)C)cc4c3O2)cc1. The second-order valence-electron chi connectivity index (χ2n) is 10.9. The number of methoxy groups -OCH3 is 2. The van der Waals surface area contributed by atoms with E-state index >= 15 is 0 Å². The molecule has 1 amide bonds. The molecular weight excluding hydrogens is 512 g/mol. The maximum absolute atomic E-state index is 13.9. The zero-order valence-electron chi connectivity index (χ0n) is 24.1. The van der Waals surface area contributed by atoms with Gasteiger partial charge in [-0.1, -0.05) is 30.3 Å². The van der Waals surface area contributed by atoms with Gasteiger partial charge in [-0.15, -0.1) is 0 Å². The molecule has 1 saturated heterocycles. The molecule has 1 fully saturated rings. The minimum Gasteiger partial charge on any atom is -0.497 e. The normalized spacial score (nSPS) is 15.7. The van der Waals surface area contributed by atoms with Gasteiger partial charge in [0.15, 0.2) is 5.60 Å². The summed E-state index contributed by atoms with van der Waals surface area (Å²) in [5.41, 5.74) is 3.54. The minimum absolute atomic E-state index is 0.0641. The van der Waals surface area contributed by atoms with Gasteiger partial charge < -0.3 is 24.0 Å². The van der Waals surface area contributed by atoms with Crippen molar-refractivity contribution in [1.82, 2.24) is 4.90 Å². The number of carbonyl (C=O) groups is 1. The molecule has 41 heavy (non-hydrogen) atoms. The van der Waals surface area contributed by atoms with Crippen LogP contribution < -0.4 is 19.1 Å². The number of likely N-dealkylation sites (tertiary alicyclic amines) is 1. The topological polar surface area (TPSA) is 51.2 Å². The van der Waals surface area contributed by atoms with Crippen LogP contribution in [-0.4, -0.2) is 52.2 Å². The van der Waals surface area contributed by atoms with Crippen LogP contribution in [0.3, 0.4) is 0 Å². The van der Waals surface area contributed by atoms with Crippen molar-refractivity contribution in [3.8, 4) is 17.2 Å². The summed E-state index contributed by atoms with van der Waals surface area (Å²) < 4.78 is 18.1. The summed E-state index contributed by atoms with van der Waals surface area (Å²) in [5, 5.41) is 1.94. The smallest absolute Gasteiger partial charge is 0.254 e. The summed E-state index contributed by atoms with van der Waals surface area (Å²) >= 11 is 0. The molecule has 0 spiro atoms. The number of hydrogen-bond donors (Lipinski definition) is 0. The number of piperidine rings is 1. The number of rotatable bonds is 6. The van der Waals surface area contributed by atoms with Crippen molar-refractivity contribution in [2.45, 2.75) is 24.9 Å². The second kappa shape index (κ2) is 10.8. The van der Waals surface area contributed by atoms with E-state index in [9.17, 15) is 4.79 Å². The number of carbonyl (C=O) groups excluding carboxylic acids is 1. The molecular formula is C35H36N2O4. The Kier molecular flexibility index (Phi) is 7.08. The van der Waals surface area contributed by atoms with E-state index < -0.39 is 5.60 Å². The van der Waals surface area contributed by atoms with Crippen molar-refractivity contribution in [1.29, 1.82) is 0 Å². The Morgan fingerprint density at radius 1 is 0.829 bits per heavy atom. The molecule has 0 unspecified atom stereocenters. The molecule has 0 atom stereocenters. The van der Waals surface area contributed by atoms with E-state index in [4.69, 9.17) is 14.2 Å². The highest BCUT2D eigenvalue weighted by Crippen LogP contribution is 2.47. The summed E-state index contributed by atoms with van der Waals surface area (Å²) in [5.74, 6) is 2.32. The van der Waals surface area contributed by atoms with Crippen molar-refractivity contribution in [2.24, 2.45) is 0 Å². The van der Waals surface area contributed by atoms with Crippen LogP contribution in [0.5, 0.6) is 17.2 Å². The molecule has 6 rings (SSSR count). The lowest BCUT2D eigenvalue weighted by molar-refractivity contribution is 0.0722. The molecule has 4 aromatic rings. The third-order valence-corrected chi connectivity index (χ3v) is 8.29. The van der Waals surface area contributed by atoms with Crippen molar-refractivity contribution in [2.75, 3.05) is 46.3 Å². The highest BCUT2D eigenvalue weighted by Gasteiger charge is 2.39. The van der Waals surface area contributed by atoms with Gasteiger partial charge in [-0.25, -0.2) is 0 Å². The summed E-state index contributed by atoms with van der Waals surface area (Å²) in [6.45, 7) is 1.58. The molecule has 0 bridgehead atoms. The Morgan fingerprint density at radius 2 is 1.44 bits per heavy atom. The number of ether oxygens (including phenoxy) is 3. The highest BCUT2D eigenvalue weighted by molar-refractivity contribution is 6.06. The van der Waals surface area contributed by atoms with Gasteiger partial charge in [0.05, 0.1) is 19.8 Å². The van der Waals surface area contributed by atoms with Crippen LogP contribution in [0.4, 0.5) is 5.69 Å². The first-order valence-corrected chi connectivity index (χ1v) is 14.2. The van der Waals surface area contributed by atoms with E-state index in [-0.39, 0.29) is 5.91 Å². The Morgan fingerprint density at radius 3 is 2.00 bits per heavy atom. The van der Waals surface area contributed by atoms with Gasteiger partial charge in [0.2, 0.25) is 0 Å². The first-order valence-electron chi connectivity index (χ1n) is 14.2. The van der Waals surface area contributed by atoms with E-state index in [1.165, 1.54) is 6.42 Å². The summed E-state index contributed by atoms with van der Waals surface area (Å²) in [6, 6.07) is 24.3. The lowest BCUT2D eigenvalue weighted by Gasteiger charge is -2.37. The van der Waals surface area contributed by atoms with E-state index in [2.05, 4.69) is 35.3 Å². The summed E-state index contributed by atoms with van der Waals surface area (Å²) in [6.07, 6.45) is 7.40. The lowest BCUT2D eigenvalue weighted by Crippen LogP contribution is -2.37. The number of hydrogen-bond acceptors (Lipinski definition) is 5. The molecule has 6 nitrogen and oxygen atoms in total. The van der Waals surface area contributed by atoms with E-state index in [0.717, 1.165) is 70.6 Å². The van der Waals surface area contributed by atoms with E-state index in [1.807, 2.05) is 73.6 Å². The minimum atomic E-state index is -0.931. The van der Waals surface area contributed by atoms with Crippen LogP contribution in [0.1, 0.15) is 46.3 Å². The van der Waals surface area contributed by atoms with Gasteiger partial charge in [-0.3, -0.25) is 4.79 Å². The van der Waals surface area contributed by atoms with Crippen molar-refractivity contribution < 1.29 is 19.0 Å². The first kappa shape index (κ1) is 26.8. The molecule has 2 aliphatic rings. The zero-order chi connectivity index (χ0) is 28.6. The average Bonchev–Trinajstić information content (AvgIpc) is 3.04. The number of nitrogens with zero attached hydrogens (tertiary/aromatic N) is 2. The van der Waals surface area contributed by atoms with Gasteiger partial charge >= 0.3 is 0 Å². The third kappa shape index (κ3) is 4.77. The summed E-state index contributed by atoms with van der Waals surface area (Å²) in [7, 11) is 7.39. The van der Waals surface area contributed by atoms with E-state index in [1.54, 1.807) is 14.2 Å². The van der Waals surface area contributed by atoms with Crippen molar-refractivity contribution in [3.63, 3.8) is 0 Å². The maximum atomic E-state index is 13.9. The third-order valence-electron chi connectivity index (χ3n) is 8.29. The molecule has 210 valence electrons. The van der Waals surface area contributed by atoms with Crippen LogP contribution >= 0.6 is 0 Å². The number of anilines is 1. The monoisotopic (exact) mass is 548 g/mol. The number of amides is 1. The predicted octanol–water partition coefficient (Wildman–Crippen LogP) is 6.90. The fourth-order valence-electron chi connectivity index (χ4n) is 5.92. The molecule has 0 N–H and O–H groups in total. The Balaban J connectivity index is 1.58. The van der Waals surface area contributed by atoms with Crippen LogP contribution in [-0.2, 0) is 5.60 Å². The fraction of sp³-hybridized carbons (Fsp3) is 0.286. The van der Waals surface area contributed by atoms with Crippen LogP contribution in [0.15, 0.2) is 78.9 Å². The standard InChI is InChI=1S/C35H36N2O4/c1-36(2)27-13-8-24-22-32(34(38)37-20-6-5-7-21-37)30-18-19-35(41-33(30)31(24)23-27,25-9-14-28(39-3)15-10-25)26-11-16-29(40-4)17-12-26/h8-19,22-23H,5-7,20-21H2,1-4H3. The average molecular weight is 549 g/mol. The van der Waals surface area contributed by atoms with Gasteiger partial charge in [0, 0.05) is 54.9 Å². The Bertz CT molecular complexity index is 1550. The van der Waals surface area contributed by atoms with Crippen LogP contribution in [0.25, 0.3) is 16.8 Å². The van der Waals surface area contributed by atoms with Gasteiger partial charge in [0.25, 0.3) is 5.91 Å². The second-order valence-corrected chi connectivity index (χ2v) is 10.9. The molecule has 2 aliphatic heterocycles. The van der Waals surface area contributed by atoms with E-state index in [0.29, 0.717) is 11.3 Å². The highest BCUT2D eigenvalue weighted by atomic mass is 16.5. The molecule has 0 aromatic heterocycles. The fourth-order valence-corrected chi connectivity index (χ4v) is 5.92. The van der Waals surface area contributed by atoms with Gasteiger partial charge in [0.1, 0.15) is 17.2 Å². The zero-order valence-corrected chi connectivity index (χ0v) is 24.1. The largest absolute Gasteiger partial charge is 0.497 e. The Labute approximate surface area is 241 Å². The molecule has 0 radical (unpaired) electrons. The molecule has 6 heteroatoms. The lowest BCUT2D eigenvalue weighted by atomic mass is 9.82.